The Balaban J connectivity index is 1.47. The number of hydrogen-bond acceptors (Lipinski definition) is 7. The second-order valence-corrected chi connectivity index (χ2v) is 7.24. The number of carboxylic acids is 1. The van der Waals surface area contributed by atoms with Crippen LogP contribution in [0.3, 0.4) is 0 Å². The molecule has 2 aromatic rings. The summed E-state index contributed by atoms with van der Waals surface area (Å²) in [6.45, 7) is 0.491. The van der Waals surface area contributed by atoms with Crippen LogP contribution in [0.2, 0.25) is 0 Å². The zero-order valence-electron chi connectivity index (χ0n) is 14.6. The molecule has 0 aliphatic carbocycles. The first kappa shape index (κ1) is 17.7. The van der Waals surface area contributed by atoms with Gasteiger partial charge in [-0.1, -0.05) is 0 Å². The van der Waals surface area contributed by atoms with Gasteiger partial charge in [0.25, 0.3) is 0 Å². The zero-order chi connectivity index (χ0) is 19.0. The number of nitrogens with zero attached hydrogens (tertiary/aromatic N) is 2. The van der Waals surface area contributed by atoms with E-state index >= 15 is 0 Å². The first-order valence-corrected chi connectivity index (χ1v) is 9.32. The summed E-state index contributed by atoms with van der Waals surface area (Å²) < 4.78 is 15.9. The van der Waals surface area contributed by atoms with Gasteiger partial charge < -0.3 is 24.2 Å². The van der Waals surface area contributed by atoms with E-state index in [1.54, 1.807) is 0 Å². The highest BCUT2D eigenvalue weighted by Gasteiger charge is 2.39. The Hall–Kier alpha value is -2.65. The maximum Gasteiger partial charge on any atom is 0.326 e. The number of likely N-dealkylation sites (tertiary alicyclic amines) is 1. The van der Waals surface area contributed by atoms with Crippen molar-refractivity contribution in [3.63, 3.8) is 0 Å². The summed E-state index contributed by atoms with van der Waals surface area (Å²) in [5, 5.41) is 11.9. The van der Waals surface area contributed by atoms with Crippen LogP contribution in [-0.4, -0.2) is 59.5 Å². The fourth-order valence-electron chi connectivity index (χ4n) is 3.28. The highest BCUT2D eigenvalue weighted by molar-refractivity contribution is 7.13. The second-order valence-electron chi connectivity index (χ2n) is 6.38. The molecule has 1 aromatic heterocycles. The number of carbonyl (C=O) groups is 2. The number of thiazole rings is 1. The Morgan fingerprint density at radius 2 is 2.19 bits per heavy atom. The molecule has 0 radical (unpaired) electrons. The van der Waals surface area contributed by atoms with Crippen LogP contribution in [0.15, 0.2) is 23.6 Å². The van der Waals surface area contributed by atoms with E-state index in [-0.39, 0.29) is 31.8 Å². The molecule has 1 fully saturated rings. The maximum absolute atomic E-state index is 12.6. The predicted molar refractivity (Wildman–Crippen MR) is 95.9 cm³/mol. The highest BCUT2D eigenvalue weighted by atomic mass is 32.1. The number of hydrogen-bond donors (Lipinski definition) is 1. The summed E-state index contributed by atoms with van der Waals surface area (Å²) in [7, 11) is 1.52. The molecule has 8 nitrogen and oxygen atoms in total. The molecule has 0 spiro atoms. The molecule has 2 unspecified atom stereocenters. The Labute approximate surface area is 159 Å². The fraction of sp³-hybridized carbons (Fsp3) is 0.389. The number of rotatable bonds is 5. The van der Waals surface area contributed by atoms with Crippen LogP contribution in [0.25, 0.3) is 10.6 Å². The van der Waals surface area contributed by atoms with Crippen LogP contribution in [-0.2, 0) is 20.7 Å². The molecular formula is C18H18N2O6S. The third kappa shape index (κ3) is 3.47. The van der Waals surface area contributed by atoms with Gasteiger partial charge in [-0.2, -0.15) is 0 Å². The van der Waals surface area contributed by atoms with Gasteiger partial charge in [-0.3, -0.25) is 4.79 Å². The van der Waals surface area contributed by atoms with E-state index in [1.807, 2.05) is 23.6 Å². The molecule has 1 amide bonds. The number of carboxylic acid groups (broad SMARTS) is 1. The highest BCUT2D eigenvalue weighted by Crippen LogP contribution is 2.36. The number of aromatic nitrogens is 1. The van der Waals surface area contributed by atoms with Crippen LogP contribution < -0.4 is 9.47 Å². The molecule has 4 rings (SSSR count). The molecule has 2 atom stereocenters. The van der Waals surface area contributed by atoms with E-state index in [0.29, 0.717) is 23.6 Å². The number of ether oxygens (including phenoxy) is 3. The van der Waals surface area contributed by atoms with Gasteiger partial charge in [0.1, 0.15) is 11.0 Å². The van der Waals surface area contributed by atoms with E-state index in [0.717, 1.165) is 10.6 Å². The molecule has 9 heteroatoms. The van der Waals surface area contributed by atoms with Gasteiger partial charge in [0, 0.05) is 31.0 Å². The lowest BCUT2D eigenvalue weighted by Crippen LogP contribution is -2.41. The average molecular weight is 390 g/mol. The lowest BCUT2D eigenvalue weighted by molar-refractivity contribution is -0.148. The van der Waals surface area contributed by atoms with Gasteiger partial charge in [0.15, 0.2) is 11.5 Å². The van der Waals surface area contributed by atoms with Crippen molar-refractivity contribution in [1.29, 1.82) is 0 Å². The van der Waals surface area contributed by atoms with Crippen molar-refractivity contribution in [3.05, 3.63) is 29.3 Å². The van der Waals surface area contributed by atoms with E-state index < -0.39 is 12.0 Å². The van der Waals surface area contributed by atoms with Gasteiger partial charge in [-0.15, -0.1) is 11.3 Å². The molecular weight excluding hydrogens is 372 g/mol. The minimum absolute atomic E-state index is 0.0568. The summed E-state index contributed by atoms with van der Waals surface area (Å²) in [6, 6.07) is 4.73. The number of fused-ring (bicyclic) bond motifs is 1. The van der Waals surface area contributed by atoms with Crippen molar-refractivity contribution in [2.45, 2.75) is 25.0 Å². The first-order chi connectivity index (χ1) is 13.0. The van der Waals surface area contributed by atoms with E-state index in [2.05, 4.69) is 4.98 Å². The summed E-state index contributed by atoms with van der Waals surface area (Å²) in [5.74, 6) is 0.103. The second kappa shape index (κ2) is 7.16. The van der Waals surface area contributed by atoms with Crippen molar-refractivity contribution in [2.75, 3.05) is 20.4 Å². The number of methoxy groups -OCH3 is 1. The molecule has 2 aliphatic heterocycles. The Kier molecular flexibility index (Phi) is 4.71. The van der Waals surface area contributed by atoms with Crippen LogP contribution in [0.5, 0.6) is 11.5 Å². The Morgan fingerprint density at radius 3 is 2.96 bits per heavy atom. The van der Waals surface area contributed by atoms with Crippen molar-refractivity contribution < 1.29 is 28.9 Å². The van der Waals surface area contributed by atoms with Gasteiger partial charge in [0.2, 0.25) is 12.7 Å². The van der Waals surface area contributed by atoms with Gasteiger partial charge in [0.05, 0.1) is 18.2 Å². The summed E-state index contributed by atoms with van der Waals surface area (Å²) in [6.07, 6.45) is 0.105. The topological polar surface area (TPSA) is 98.2 Å². The van der Waals surface area contributed by atoms with Crippen molar-refractivity contribution in [2.24, 2.45) is 0 Å². The number of benzene rings is 1. The normalized spacial score (nSPS) is 20.9. The number of aliphatic carboxylic acids is 1. The van der Waals surface area contributed by atoms with Crippen LogP contribution in [0.4, 0.5) is 0 Å². The molecule has 27 heavy (non-hydrogen) atoms. The molecule has 142 valence electrons. The molecule has 1 saturated heterocycles. The van der Waals surface area contributed by atoms with Gasteiger partial charge >= 0.3 is 5.97 Å². The smallest absolute Gasteiger partial charge is 0.326 e. The predicted octanol–water partition coefficient (Wildman–Crippen LogP) is 1.78. The molecule has 0 bridgehead atoms. The maximum atomic E-state index is 12.6. The first-order valence-electron chi connectivity index (χ1n) is 8.44. The lowest BCUT2D eigenvalue weighted by Gasteiger charge is -2.20. The summed E-state index contributed by atoms with van der Waals surface area (Å²) in [4.78, 5) is 29.9. The monoisotopic (exact) mass is 390 g/mol. The van der Waals surface area contributed by atoms with Crippen LogP contribution in [0.1, 0.15) is 12.1 Å². The molecule has 1 aromatic carbocycles. The van der Waals surface area contributed by atoms with Crippen molar-refractivity contribution in [3.8, 4) is 22.1 Å². The molecule has 3 heterocycles. The largest absolute Gasteiger partial charge is 0.480 e. The van der Waals surface area contributed by atoms with Crippen molar-refractivity contribution >= 4 is 23.2 Å². The third-order valence-electron chi connectivity index (χ3n) is 4.71. The van der Waals surface area contributed by atoms with Crippen LogP contribution in [0, 0.1) is 0 Å². The fourth-order valence-corrected chi connectivity index (χ4v) is 4.10. The summed E-state index contributed by atoms with van der Waals surface area (Å²) in [5.41, 5.74) is 1.50. The molecule has 1 N–H and O–H groups in total. The Morgan fingerprint density at radius 1 is 1.37 bits per heavy atom. The van der Waals surface area contributed by atoms with Gasteiger partial charge in [-0.05, 0) is 18.2 Å². The minimum Gasteiger partial charge on any atom is -0.480 e. The van der Waals surface area contributed by atoms with Crippen LogP contribution >= 0.6 is 11.3 Å². The van der Waals surface area contributed by atoms with E-state index in [4.69, 9.17) is 14.2 Å². The zero-order valence-corrected chi connectivity index (χ0v) is 15.4. The SMILES string of the molecule is COC1CC(C(=O)O)N(C(=O)Cc2csc(-c3ccc4c(c3)OCO4)n2)C1. The quantitative estimate of drug-likeness (QED) is 0.831. The summed E-state index contributed by atoms with van der Waals surface area (Å²) >= 11 is 1.43. The van der Waals surface area contributed by atoms with Crippen molar-refractivity contribution in [1.82, 2.24) is 9.88 Å². The third-order valence-corrected chi connectivity index (χ3v) is 5.65. The standard InChI is InChI=1S/C18H18N2O6S/c1-24-12-6-13(18(22)23)20(7-12)16(21)5-11-8-27-17(19-11)10-2-3-14-15(4-10)26-9-25-14/h2-4,8,12-13H,5-7,9H2,1H3,(H,22,23). The lowest BCUT2D eigenvalue weighted by atomic mass is 10.2. The number of amides is 1. The number of carbonyl (C=O) groups excluding carboxylic acids is 1. The van der Waals surface area contributed by atoms with Gasteiger partial charge in [-0.25, -0.2) is 9.78 Å². The van der Waals surface area contributed by atoms with E-state index in [1.165, 1.54) is 23.3 Å². The molecule has 2 aliphatic rings. The average Bonchev–Trinajstić information content (AvgIpc) is 3.39. The van der Waals surface area contributed by atoms with E-state index in [9.17, 15) is 14.7 Å². The Bertz CT molecular complexity index is 882. The molecule has 0 saturated carbocycles. The minimum atomic E-state index is -1.01.